The van der Waals surface area contributed by atoms with Gasteiger partial charge in [0.1, 0.15) is 11.6 Å². The van der Waals surface area contributed by atoms with Crippen LogP contribution in [0.2, 0.25) is 0 Å². The molecule has 5 nitrogen and oxygen atoms in total. The summed E-state index contributed by atoms with van der Waals surface area (Å²) in [5, 5.41) is 0.389. The normalized spacial score (nSPS) is 10.7. The number of nitrogens with one attached hydrogen (secondary N) is 1. The van der Waals surface area contributed by atoms with E-state index in [9.17, 15) is 14.0 Å². The number of fused-ring (bicyclic) bond motifs is 1. The van der Waals surface area contributed by atoms with Gasteiger partial charge in [0.25, 0.3) is 5.56 Å². The molecular formula is C17H13FN2O3. The first kappa shape index (κ1) is 14.9. The van der Waals surface area contributed by atoms with E-state index in [-0.39, 0.29) is 11.4 Å². The van der Waals surface area contributed by atoms with Gasteiger partial charge in [0, 0.05) is 6.42 Å². The number of hydrogen-bond acceptors (Lipinski definition) is 4. The molecule has 1 heterocycles. The van der Waals surface area contributed by atoms with Crippen LogP contribution in [-0.2, 0) is 11.2 Å². The molecule has 6 heteroatoms. The van der Waals surface area contributed by atoms with Crippen molar-refractivity contribution in [3.05, 3.63) is 75.6 Å². The number of carbonyl (C=O) groups excluding carboxylic acids is 1. The quantitative estimate of drug-likeness (QED) is 0.754. The smallest absolute Gasteiger partial charge is 0.337 e. The summed E-state index contributed by atoms with van der Waals surface area (Å²) in [7, 11) is 1.29. The third kappa shape index (κ3) is 3.11. The van der Waals surface area contributed by atoms with Crippen LogP contribution in [0.25, 0.3) is 10.9 Å². The molecule has 0 aliphatic carbocycles. The van der Waals surface area contributed by atoms with Gasteiger partial charge in [-0.05, 0) is 35.9 Å². The Morgan fingerprint density at radius 1 is 1.22 bits per heavy atom. The summed E-state index contributed by atoms with van der Waals surface area (Å²) in [5.74, 6) is -0.373. The molecule has 0 fully saturated rings. The highest BCUT2D eigenvalue weighted by Crippen LogP contribution is 2.13. The third-order valence-corrected chi connectivity index (χ3v) is 3.46. The highest BCUT2D eigenvalue weighted by Gasteiger charge is 2.10. The van der Waals surface area contributed by atoms with E-state index in [1.165, 1.54) is 37.4 Å². The first-order chi connectivity index (χ1) is 11.1. The number of methoxy groups -OCH3 is 1. The maximum absolute atomic E-state index is 12.9. The maximum atomic E-state index is 12.9. The summed E-state index contributed by atoms with van der Waals surface area (Å²) in [4.78, 5) is 30.8. The molecule has 0 spiro atoms. The highest BCUT2D eigenvalue weighted by molar-refractivity contribution is 5.93. The molecule has 1 aromatic heterocycles. The zero-order valence-electron chi connectivity index (χ0n) is 12.3. The Morgan fingerprint density at radius 3 is 2.65 bits per heavy atom. The Morgan fingerprint density at radius 2 is 1.96 bits per heavy atom. The number of hydrogen-bond donors (Lipinski definition) is 1. The molecule has 1 N–H and O–H groups in total. The van der Waals surface area contributed by atoms with Gasteiger partial charge in [0.05, 0.1) is 23.6 Å². The molecule has 23 heavy (non-hydrogen) atoms. The zero-order valence-corrected chi connectivity index (χ0v) is 12.3. The fourth-order valence-corrected chi connectivity index (χ4v) is 2.31. The fourth-order valence-electron chi connectivity index (χ4n) is 2.31. The topological polar surface area (TPSA) is 72.1 Å². The zero-order chi connectivity index (χ0) is 16.4. The lowest BCUT2D eigenvalue weighted by Crippen LogP contribution is -2.13. The summed E-state index contributed by atoms with van der Waals surface area (Å²) < 4.78 is 17.6. The highest BCUT2D eigenvalue weighted by atomic mass is 19.1. The minimum Gasteiger partial charge on any atom is -0.465 e. The summed E-state index contributed by atoms with van der Waals surface area (Å²) in [5.41, 5.74) is 1.26. The van der Waals surface area contributed by atoms with E-state index in [2.05, 4.69) is 14.7 Å². The standard InChI is InChI=1S/C17H13FN2O3/c1-23-17(22)11-4-7-13-14(9-11)19-15(20-16(13)21)8-10-2-5-12(18)6-3-10/h2-7,9H,8H2,1H3,(H,19,20,21). The van der Waals surface area contributed by atoms with Crippen LogP contribution in [0.5, 0.6) is 0 Å². The second-order valence-electron chi connectivity index (χ2n) is 5.04. The number of esters is 1. The van der Waals surface area contributed by atoms with Crippen LogP contribution < -0.4 is 5.56 Å². The SMILES string of the molecule is COC(=O)c1ccc2c(=O)[nH]c(Cc3ccc(F)cc3)nc2c1. The summed E-state index contributed by atoms with van der Waals surface area (Å²) >= 11 is 0. The first-order valence-electron chi connectivity index (χ1n) is 6.92. The summed E-state index contributed by atoms with van der Waals surface area (Å²) in [6.07, 6.45) is 0.355. The second-order valence-corrected chi connectivity index (χ2v) is 5.04. The minimum absolute atomic E-state index is 0.288. The molecule has 0 amide bonds. The predicted octanol–water partition coefficient (Wildman–Crippen LogP) is 2.44. The van der Waals surface area contributed by atoms with Crippen molar-refractivity contribution < 1.29 is 13.9 Å². The van der Waals surface area contributed by atoms with Crippen LogP contribution in [0.4, 0.5) is 4.39 Å². The van der Waals surface area contributed by atoms with Crippen LogP contribution >= 0.6 is 0 Å². The van der Waals surface area contributed by atoms with Gasteiger partial charge in [-0.15, -0.1) is 0 Å². The van der Waals surface area contributed by atoms with E-state index in [1.54, 1.807) is 12.1 Å². The number of halogens is 1. The van der Waals surface area contributed by atoms with Crippen molar-refractivity contribution in [2.24, 2.45) is 0 Å². The molecule has 2 aromatic carbocycles. The van der Waals surface area contributed by atoms with Crippen molar-refractivity contribution in [3.63, 3.8) is 0 Å². The van der Waals surface area contributed by atoms with Gasteiger partial charge in [-0.3, -0.25) is 4.79 Å². The van der Waals surface area contributed by atoms with Crippen molar-refractivity contribution in [1.82, 2.24) is 9.97 Å². The van der Waals surface area contributed by atoms with Crippen LogP contribution in [-0.4, -0.2) is 23.0 Å². The van der Waals surface area contributed by atoms with E-state index in [1.807, 2.05) is 0 Å². The fraction of sp³-hybridized carbons (Fsp3) is 0.118. The molecule has 0 bridgehead atoms. The molecular weight excluding hydrogens is 299 g/mol. The number of H-pyrrole nitrogens is 1. The van der Waals surface area contributed by atoms with Gasteiger partial charge in [-0.2, -0.15) is 0 Å². The number of nitrogens with zero attached hydrogens (tertiary/aromatic N) is 1. The van der Waals surface area contributed by atoms with Gasteiger partial charge in [-0.25, -0.2) is 14.2 Å². The number of carbonyl (C=O) groups is 1. The number of ether oxygens (including phenoxy) is 1. The lowest BCUT2D eigenvalue weighted by Gasteiger charge is -2.05. The Kier molecular flexibility index (Phi) is 3.89. The number of benzene rings is 2. The number of aromatic nitrogens is 2. The van der Waals surface area contributed by atoms with Crippen molar-refractivity contribution in [2.45, 2.75) is 6.42 Å². The van der Waals surface area contributed by atoms with Crippen LogP contribution in [0.1, 0.15) is 21.7 Å². The molecule has 0 radical (unpaired) electrons. The average Bonchev–Trinajstić information content (AvgIpc) is 2.55. The molecule has 3 rings (SSSR count). The van der Waals surface area contributed by atoms with Crippen molar-refractivity contribution in [3.8, 4) is 0 Å². The first-order valence-corrected chi connectivity index (χ1v) is 6.92. The van der Waals surface area contributed by atoms with Gasteiger partial charge < -0.3 is 9.72 Å². The average molecular weight is 312 g/mol. The van der Waals surface area contributed by atoms with Gasteiger partial charge in [-0.1, -0.05) is 12.1 Å². The van der Waals surface area contributed by atoms with E-state index in [0.717, 1.165) is 5.56 Å². The second kappa shape index (κ2) is 6.00. The van der Waals surface area contributed by atoms with Crippen LogP contribution in [0, 0.1) is 5.82 Å². The molecule has 0 saturated heterocycles. The maximum Gasteiger partial charge on any atom is 0.337 e. The van der Waals surface area contributed by atoms with Gasteiger partial charge >= 0.3 is 5.97 Å². The van der Waals surface area contributed by atoms with Crippen molar-refractivity contribution in [2.75, 3.05) is 7.11 Å². The van der Waals surface area contributed by atoms with Gasteiger partial charge in [0.2, 0.25) is 0 Å². The number of rotatable bonds is 3. The molecule has 0 unspecified atom stereocenters. The van der Waals surface area contributed by atoms with E-state index in [4.69, 9.17) is 0 Å². The summed E-state index contributed by atoms with van der Waals surface area (Å²) in [6.45, 7) is 0. The Hall–Kier alpha value is -3.02. The Bertz CT molecular complexity index is 933. The van der Waals surface area contributed by atoms with Crippen LogP contribution in [0.15, 0.2) is 47.3 Å². The van der Waals surface area contributed by atoms with E-state index < -0.39 is 5.97 Å². The van der Waals surface area contributed by atoms with E-state index in [0.29, 0.717) is 28.7 Å². The minimum atomic E-state index is -0.492. The molecule has 0 saturated carbocycles. The van der Waals surface area contributed by atoms with E-state index >= 15 is 0 Å². The van der Waals surface area contributed by atoms with Gasteiger partial charge in [0.15, 0.2) is 0 Å². The molecule has 3 aromatic rings. The monoisotopic (exact) mass is 312 g/mol. The molecule has 0 aliphatic rings. The number of aromatic amines is 1. The molecule has 0 aliphatic heterocycles. The Labute approximate surface area is 130 Å². The van der Waals surface area contributed by atoms with Crippen LogP contribution in [0.3, 0.4) is 0 Å². The third-order valence-electron chi connectivity index (χ3n) is 3.46. The largest absolute Gasteiger partial charge is 0.465 e. The predicted molar refractivity (Wildman–Crippen MR) is 82.9 cm³/mol. The summed E-state index contributed by atoms with van der Waals surface area (Å²) in [6, 6.07) is 10.5. The lowest BCUT2D eigenvalue weighted by atomic mass is 10.1. The molecule has 116 valence electrons. The Balaban J connectivity index is 2.02. The van der Waals surface area contributed by atoms with Crippen molar-refractivity contribution in [1.29, 1.82) is 0 Å². The van der Waals surface area contributed by atoms with Crippen molar-refractivity contribution >= 4 is 16.9 Å². The molecule has 0 atom stereocenters. The lowest BCUT2D eigenvalue weighted by molar-refractivity contribution is 0.0601.